The first-order chi connectivity index (χ1) is 8.38. The van der Waals surface area contributed by atoms with Gasteiger partial charge >= 0.3 is 0 Å². The van der Waals surface area contributed by atoms with Crippen LogP contribution < -0.4 is 5.32 Å². The van der Waals surface area contributed by atoms with E-state index in [0.717, 1.165) is 25.0 Å². The summed E-state index contributed by atoms with van der Waals surface area (Å²) in [5.74, 6) is 0.941. The van der Waals surface area contributed by atoms with Crippen molar-refractivity contribution in [3.05, 3.63) is 21.9 Å². The van der Waals surface area contributed by atoms with Gasteiger partial charge in [0.1, 0.15) is 0 Å². The second kappa shape index (κ2) is 5.09. The van der Waals surface area contributed by atoms with E-state index in [1.165, 1.54) is 32.4 Å². The molecule has 0 bridgehead atoms. The van der Waals surface area contributed by atoms with E-state index in [2.05, 4.69) is 29.3 Å². The predicted octanol–water partition coefficient (Wildman–Crippen LogP) is 2.67. The van der Waals surface area contributed by atoms with Crippen molar-refractivity contribution in [1.82, 2.24) is 10.2 Å². The Hall–Kier alpha value is -0.380. The third kappa shape index (κ3) is 2.56. The second-order valence-electron chi connectivity index (χ2n) is 5.23. The van der Waals surface area contributed by atoms with Crippen molar-refractivity contribution in [2.75, 3.05) is 26.2 Å². The highest BCUT2D eigenvalue weighted by Crippen LogP contribution is 2.46. The SMILES string of the molecule is CCc1ccc([C@H](C2CC2)N2CCNCC2)s1. The van der Waals surface area contributed by atoms with Crippen molar-refractivity contribution in [3.8, 4) is 0 Å². The lowest BCUT2D eigenvalue weighted by molar-refractivity contribution is 0.158. The molecule has 1 N–H and O–H groups in total. The molecule has 1 atom stereocenters. The van der Waals surface area contributed by atoms with Crippen LogP contribution in [0, 0.1) is 5.92 Å². The maximum absolute atomic E-state index is 3.46. The fourth-order valence-corrected chi connectivity index (χ4v) is 4.01. The Kier molecular flexibility index (Phi) is 3.50. The van der Waals surface area contributed by atoms with Crippen LogP contribution >= 0.6 is 11.3 Å². The first kappa shape index (κ1) is 11.7. The summed E-state index contributed by atoms with van der Waals surface area (Å²) in [5.41, 5.74) is 0. The van der Waals surface area contributed by atoms with E-state index in [0.29, 0.717) is 0 Å². The van der Waals surface area contributed by atoms with Crippen molar-refractivity contribution in [1.29, 1.82) is 0 Å². The molecule has 94 valence electrons. The number of nitrogens with one attached hydrogen (secondary N) is 1. The van der Waals surface area contributed by atoms with Crippen LogP contribution in [0.3, 0.4) is 0 Å². The van der Waals surface area contributed by atoms with Crippen LogP contribution in [0.2, 0.25) is 0 Å². The molecule has 1 saturated carbocycles. The molecule has 17 heavy (non-hydrogen) atoms. The highest BCUT2D eigenvalue weighted by atomic mass is 32.1. The van der Waals surface area contributed by atoms with Gasteiger partial charge in [0.15, 0.2) is 0 Å². The summed E-state index contributed by atoms with van der Waals surface area (Å²) in [5, 5.41) is 3.46. The summed E-state index contributed by atoms with van der Waals surface area (Å²) in [6.07, 6.45) is 4.06. The number of rotatable bonds is 4. The molecule has 3 rings (SSSR count). The van der Waals surface area contributed by atoms with E-state index >= 15 is 0 Å². The molecule has 2 nitrogen and oxygen atoms in total. The van der Waals surface area contributed by atoms with Crippen LogP contribution in [0.1, 0.15) is 35.6 Å². The average molecular weight is 250 g/mol. The van der Waals surface area contributed by atoms with Gasteiger partial charge in [0, 0.05) is 42.0 Å². The van der Waals surface area contributed by atoms with E-state index in [4.69, 9.17) is 0 Å². The summed E-state index contributed by atoms with van der Waals surface area (Å²) >= 11 is 2.04. The first-order valence-electron chi connectivity index (χ1n) is 6.92. The quantitative estimate of drug-likeness (QED) is 0.884. The Morgan fingerprint density at radius 1 is 1.35 bits per heavy atom. The summed E-state index contributed by atoms with van der Waals surface area (Å²) in [7, 11) is 0. The van der Waals surface area contributed by atoms with E-state index in [1.54, 1.807) is 9.75 Å². The third-order valence-electron chi connectivity index (χ3n) is 3.94. The first-order valence-corrected chi connectivity index (χ1v) is 7.73. The molecule has 1 aromatic heterocycles. The van der Waals surface area contributed by atoms with Crippen molar-refractivity contribution in [2.24, 2.45) is 5.92 Å². The molecule has 1 aromatic rings. The smallest absolute Gasteiger partial charge is 0.0470 e. The van der Waals surface area contributed by atoms with Crippen molar-refractivity contribution in [2.45, 2.75) is 32.2 Å². The molecule has 0 spiro atoms. The Balaban J connectivity index is 1.78. The van der Waals surface area contributed by atoms with Gasteiger partial charge in [-0.05, 0) is 37.3 Å². The van der Waals surface area contributed by atoms with E-state index in [1.807, 2.05) is 11.3 Å². The zero-order valence-electron chi connectivity index (χ0n) is 10.6. The highest BCUT2D eigenvalue weighted by Gasteiger charge is 2.37. The molecule has 1 aliphatic heterocycles. The minimum Gasteiger partial charge on any atom is -0.314 e. The Morgan fingerprint density at radius 3 is 2.71 bits per heavy atom. The van der Waals surface area contributed by atoms with Crippen molar-refractivity contribution >= 4 is 11.3 Å². The van der Waals surface area contributed by atoms with Crippen LogP contribution in [-0.2, 0) is 6.42 Å². The van der Waals surface area contributed by atoms with Gasteiger partial charge in [-0.3, -0.25) is 4.90 Å². The molecule has 2 fully saturated rings. The molecule has 1 aliphatic carbocycles. The van der Waals surface area contributed by atoms with Crippen LogP contribution in [0.25, 0.3) is 0 Å². The average Bonchev–Trinajstić information content (AvgIpc) is 3.09. The van der Waals surface area contributed by atoms with E-state index in [-0.39, 0.29) is 0 Å². The minimum absolute atomic E-state index is 0.724. The van der Waals surface area contributed by atoms with Crippen LogP contribution in [-0.4, -0.2) is 31.1 Å². The van der Waals surface area contributed by atoms with Gasteiger partial charge in [-0.15, -0.1) is 11.3 Å². The van der Waals surface area contributed by atoms with Crippen LogP contribution in [0.4, 0.5) is 0 Å². The van der Waals surface area contributed by atoms with E-state index < -0.39 is 0 Å². The fourth-order valence-electron chi connectivity index (χ4n) is 2.83. The summed E-state index contributed by atoms with van der Waals surface area (Å²) in [6.45, 7) is 7.03. The summed E-state index contributed by atoms with van der Waals surface area (Å²) in [4.78, 5) is 5.87. The van der Waals surface area contributed by atoms with Gasteiger partial charge in [0.2, 0.25) is 0 Å². The van der Waals surface area contributed by atoms with Crippen LogP contribution in [0.15, 0.2) is 12.1 Å². The summed E-state index contributed by atoms with van der Waals surface area (Å²) < 4.78 is 0. The molecule has 1 saturated heterocycles. The number of hydrogen-bond acceptors (Lipinski definition) is 3. The number of hydrogen-bond donors (Lipinski definition) is 1. The zero-order chi connectivity index (χ0) is 11.7. The molecule has 0 unspecified atom stereocenters. The lowest BCUT2D eigenvalue weighted by Crippen LogP contribution is -2.45. The molecule has 0 radical (unpaired) electrons. The number of thiophene rings is 1. The molecular formula is C14H22N2S. The number of aryl methyl sites for hydroxylation is 1. The monoisotopic (exact) mass is 250 g/mol. The third-order valence-corrected chi connectivity index (χ3v) is 5.24. The number of piperazine rings is 1. The Bertz CT molecular complexity index is 364. The fraction of sp³-hybridized carbons (Fsp3) is 0.714. The molecule has 3 heteroatoms. The largest absolute Gasteiger partial charge is 0.314 e. The maximum atomic E-state index is 3.46. The molecular weight excluding hydrogens is 228 g/mol. The van der Waals surface area contributed by atoms with Gasteiger partial charge in [-0.25, -0.2) is 0 Å². The lowest BCUT2D eigenvalue weighted by atomic mass is 10.1. The Labute approximate surface area is 108 Å². The zero-order valence-corrected chi connectivity index (χ0v) is 11.4. The topological polar surface area (TPSA) is 15.3 Å². The van der Waals surface area contributed by atoms with Gasteiger partial charge < -0.3 is 5.32 Å². The van der Waals surface area contributed by atoms with Crippen molar-refractivity contribution in [3.63, 3.8) is 0 Å². The molecule has 2 aliphatic rings. The standard InChI is InChI=1S/C14H22N2S/c1-2-12-5-6-13(17-12)14(11-3-4-11)16-9-7-15-8-10-16/h5-6,11,14-15H,2-4,7-10H2,1H3/t14-/m0/s1. The van der Waals surface area contributed by atoms with Gasteiger partial charge in [0.25, 0.3) is 0 Å². The molecule has 0 amide bonds. The van der Waals surface area contributed by atoms with Gasteiger partial charge in [-0.1, -0.05) is 6.92 Å². The predicted molar refractivity (Wildman–Crippen MR) is 73.6 cm³/mol. The molecule has 2 heterocycles. The normalized spacial score (nSPS) is 23.8. The second-order valence-corrected chi connectivity index (χ2v) is 6.43. The van der Waals surface area contributed by atoms with Gasteiger partial charge in [0.05, 0.1) is 0 Å². The molecule has 0 aromatic carbocycles. The Morgan fingerprint density at radius 2 is 2.12 bits per heavy atom. The lowest BCUT2D eigenvalue weighted by Gasteiger charge is -2.34. The highest BCUT2D eigenvalue weighted by molar-refractivity contribution is 7.12. The number of nitrogens with zero attached hydrogens (tertiary/aromatic N) is 1. The van der Waals surface area contributed by atoms with Crippen LogP contribution in [0.5, 0.6) is 0 Å². The minimum atomic E-state index is 0.724. The maximum Gasteiger partial charge on any atom is 0.0470 e. The van der Waals surface area contributed by atoms with Crippen molar-refractivity contribution < 1.29 is 0 Å². The van der Waals surface area contributed by atoms with Gasteiger partial charge in [-0.2, -0.15) is 0 Å². The van der Waals surface area contributed by atoms with E-state index in [9.17, 15) is 0 Å². The summed E-state index contributed by atoms with van der Waals surface area (Å²) in [6, 6.07) is 5.44.